The fourth-order valence-electron chi connectivity index (χ4n) is 5.32. The third kappa shape index (κ3) is 4.75. The van der Waals surface area contributed by atoms with Gasteiger partial charge in [-0.1, -0.05) is 31.2 Å². The second-order valence-electron chi connectivity index (χ2n) is 9.58. The Kier molecular flexibility index (Phi) is 6.46. The topological polar surface area (TPSA) is 57.7 Å². The molecule has 182 valence electrons. The van der Waals surface area contributed by atoms with Gasteiger partial charge in [0, 0.05) is 18.2 Å². The largest absolute Gasteiger partial charge is 0.493 e. The maximum Gasteiger partial charge on any atom is 0.309 e. The van der Waals surface area contributed by atoms with E-state index in [4.69, 9.17) is 14.2 Å². The smallest absolute Gasteiger partial charge is 0.309 e. The number of carbonyl (C=O) groups is 1. The molecule has 35 heavy (non-hydrogen) atoms. The molecule has 0 radical (unpaired) electrons. The number of esters is 1. The zero-order valence-electron chi connectivity index (χ0n) is 20.3. The summed E-state index contributed by atoms with van der Waals surface area (Å²) in [7, 11) is 3.00. The van der Waals surface area contributed by atoms with Crippen molar-refractivity contribution in [3.05, 3.63) is 77.2 Å². The second kappa shape index (κ2) is 9.68. The molecular formula is C29H30FNO4. The van der Waals surface area contributed by atoms with E-state index in [0.717, 1.165) is 40.8 Å². The van der Waals surface area contributed by atoms with Crippen molar-refractivity contribution in [3.63, 3.8) is 0 Å². The summed E-state index contributed by atoms with van der Waals surface area (Å²) in [5.74, 6) is 1.24. The highest BCUT2D eigenvalue weighted by molar-refractivity contribution is 5.73. The molecule has 6 heteroatoms. The lowest BCUT2D eigenvalue weighted by molar-refractivity contribution is -0.145. The number of benzene rings is 2. The summed E-state index contributed by atoms with van der Waals surface area (Å²) in [5.41, 5.74) is 4.46. The van der Waals surface area contributed by atoms with E-state index in [1.54, 1.807) is 25.4 Å². The summed E-state index contributed by atoms with van der Waals surface area (Å²) < 4.78 is 31.6. The maximum atomic E-state index is 15.3. The van der Waals surface area contributed by atoms with Gasteiger partial charge >= 0.3 is 5.97 Å². The molecule has 0 saturated heterocycles. The van der Waals surface area contributed by atoms with Crippen molar-refractivity contribution in [2.24, 2.45) is 11.8 Å². The predicted molar refractivity (Wildman–Crippen MR) is 131 cm³/mol. The van der Waals surface area contributed by atoms with Gasteiger partial charge in [-0.25, -0.2) is 9.37 Å². The molecule has 1 saturated carbocycles. The van der Waals surface area contributed by atoms with E-state index in [9.17, 15) is 4.79 Å². The van der Waals surface area contributed by atoms with E-state index in [0.29, 0.717) is 30.4 Å². The van der Waals surface area contributed by atoms with Gasteiger partial charge in [0.25, 0.3) is 0 Å². The molecule has 1 fully saturated rings. The molecule has 0 N–H and O–H groups in total. The highest BCUT2D eigenvalue weighted by Crippen LogP contribution is 2.48. The van der Waals surface area contributed by atoms with Gasteiger partial charge in [-0.15, -0.1) is 0 Å². The number of halogens is 1. The van der Waals surface area contributed by atoms with Crippen molar-refractivity contribution < 1.29 is 23.4 Å². The molecule has 1 aromatic heterocycles. The first-order chi connectivity index (χ1) is 17.0. The van der Waals surface area contributed by atoms with Crippen LogP contribution in [-0.2, 0) is 16.0 Å². The fourth-order valence-corrected chi connectivity index (χ4v) is 5.32. The lowest BCUT2D eigenvalue weighted by Crippen LogP contribution is -2.24. The quantitative estimate of drug-likeness (QED) is 0.397. The van der Waals surface area contributed by atoms with Gasteiger partial charge in [-0.2, -0.15) is 0 Å². The van der Waals surface area contributed by atoms with Gasteiger partial charge in [0.1, 0.15) is 11.6 Å². The molecule has 2 unspecified atom stereocenters. The van der Waals surface area contributed by atoms with Crippen molar-refractivity contribution >= 4 is 5.97 Å². The third-order valence-corrected chi connectivity index (χ3v) is 7.33. The molecular weight excluding hydrogens is 445 g/mol. The number of rotatable bonds is 7. The number of hydrogen-bond donors (Lipinski definition) is 0. The minimum Gasteiger partial charge on any atom is -0.493 e. The molecule has 2 aliphatic rings. The lowest BCUT2D eigenvalue weighted by Gasteiger charge is -2.28. The summed E-state index contributed by atoms with van der Waals surface area (Å²) >= 11 is 0. The molecule has 1 aliphatic heterocycles. The van der Waals surface area contributed by atoms with Crippen molar-refractivity contribution in [2.75, 3.05) is 20.8 Å². The molecule has 1 aliphatic carbocycles. The van der Waals surface area contributed by atoms with E-state index in [1.807, 2.05) is 31.2 Å². The normalized spacial score (nSPS) is 18.7. The van der Waals surface area contributed by atoms with Crippen LogP contribution in [0.2, 0.25) is 0 Å². The van der Waals surface area contributed by atoms with Crippen LogP contribution in [0.1, 0.15) is 48.3 Å². The highest BCUT2D eigenvalue weighted by atomic mass is 19.1. The summed E-state index contributed by atoms with van der Waals surface area (Å²) in [6, 6.07) is 15.2. The van der Waals surface area contributed by atoms with Crippen LogP contribution in [0.25, 0.3) is 11.1 Å². The first kappa shape index (κ1) is 23.3. The van der Waals surface area contributed by atoms with Crippen molar-refractivity contribution in [3.8, 4) is 22.8 Å². The number of hydrogen-bond acceptors (Lipinski definition) is 5. The Balaban J connectivity index is 1.39. The van der Waals surface area contributed by atoms with E-state index in [2.05, 4.69) is 17.1 Å². The summed E-state index contributed by atoms with van der Waals surface area (Å²) in [4.78, 5) is 16.4. The summed E-state index contributed by atoms with van der Waals surface area (Å²) in [6.45, 7) is 2.37. The monoisotopic (exact) mass is 475 g/mol. The fraction of sp³-hybridized carbons (Fsp3) is 0.379. The number of aromatic nitrogens is 1. The van der Waals surface area contributed by atoms with Crippen LogP contribution in [0.4, 0.5) is 4.39 Å². The number of fused-ring (bicyclic) bond motifs is 1. The molecule has 2 heterocycles. The third-order valence-electron chi connectivity index (χ3n) is 7.33. The molecule has 5 rings (SSSR count). The first-order valence-electron chi connectivity index (χ1n) is 12.1. The molecule has 0 bridgehead atoms. The van der Waals surface area contributed by atoms with Gasteiger partial charge < -0.3 is 14.2 Å². The highest BCUT2D eigenvalue weighted by Gasteiger charge is 2.39. The van der Waals surface area contributed by atoms with Gasteiger partial charge in [-0.3, -0.25) is 4.79 Å². The first-order valence-corrected chi connectivity index (χ1v) is 12.1. The molecule has 3 atom stereocenters. The number of carbonyl (C=O) groups excluding carboxylic acids is 1. The average Bonchev–Trinajstić information content (AvgIpc) is 3.73. The summed E-state index contributed by atoms with van der Waals surface area (Å²) in [6.07, 6.45) is 4.60. The van der Waals surface area contributed by atoms with Crippen LogP contribution in [0.5, 0.6) is 11.6 Å². The number of ether oxygens (including phenoxy) is 3. The van der Waals surface area contributed by atoms with Crippen molar-refractivity contribution in [2.45, 2.75) is 38.0 Å². The van der Waals surface area contributed by atoms with Crippen LogP contribution in [-0.4, -0.2) is 31.8 Å². The number of nitrogens with zero attached hydrogens (tertiary/aromatic N) is 1. The average molecular weight is 476 g/mol. The maximum absolute atomic E-state index is 15.3. The lowest BCUT2D eigenvalue weighted by atomic mass is 9.81. The van der Waals surface area contributed by atoms with Crippen LogP contribution in [0, 0.1) is 17.7 Å². The SMILES string of the molecule is COC(=O)[C@@H](C)C(c1ccc2c(c1)CC(c1ccc(-c3ccnc(OC)c3)cc1F)CO2)C1CC1. The Labute approximate surface area is 205 Å². The van der Waals surface area contributed by atoms with E-state index < -0.39 is 0 Å². The Hall–Kier alpha value is -3.41. The molecule has 3 aromatic rings. The molecule has 5 nitrogen and oxygen atoms in total. The predicted octanol–water partition coefficient (Wildman–Crippen LogP) is 5.92. The van der Waals surface area contributed by atoms with E-state index in [-0.39, 0.29) is 29.5 Å². The van der Waals surface area contributed by atoms with Gasteiger partial charge in [0.05, 0.1) is 26.7 Å². The van der Waals surface area contributed by atoms with E-state index in [1.165, 1.54) is 7.11 Å². The number of methoxy groups -OCH3 is 2. The molecule has 0 spiro atoms. The zero-order valence-corrected chi connectivity index (χ0v) is 20.3. The minimum atomic E-state index is -0.248. The van der Waals surface area contributed by atoms with E-state index >= 15 is 4.39 Å². The van der Waals surface area contributed by atoms with Gasteiger partial charge in [-0.05, 0) is 77.1 Å². The molecule has 2 aromatic carbocycles. The second-order valence-corrected chi connectivity index (χ2v) is 9.58. The van der Waals surface area contributed by atoms with Crippen LogP contribution in [0.15, 0.2) is 54.7 Å². The van der Waals surface area contributed by atoms with Crippen LogP contribution in [0.3, 0.4) is 0 Å². The van der Waals surface area contributed by atoms with Crippen LogP contribution >= 0.6 is 0 Å². The van der Waals surface area contributed by atoms with Crippen LogP contribution < -0.4 is 9.47 Å². The Morgan fingerprint density at radius 2 is 1.89 bits per heavy atom. The van der Waals surface area contributed by atoms with Gasteiger partial charge in [0.2, 0.25) is 5.88 Å². The minimum absolute atomic E-state index is 0.0869. The molecule has 0 amide bonds. The van der Waals surface area contributed by atoms with Crippen molar-refractivity contribution in [1.29, 1.82) is 0 Å². The Morgan fingerprint density at radius 3 is 2.60 bits per heavy atom. The Bertz CT molecular complexity index is 1240. The number of pyridine rings is 1. The zero-order chi connectivity index (χ0) is 24.5. The Morgan fingerprint density at radius 1 is 1.09 bits per heavy atom. The van der Waals surface area contributed by atoms with Crippen molar-refractivity contribution in [1.82, 2.24) is 4.98 Å². The summed E-state index contributed by atoms with van der Waals surface area (Å²) in [5, 5.41) is 0. The standard InChI is InChI=1S/C29H30FNO4/c1-17(29(32)34-3)28(18-4-5-18)21-7-9-26-22(12-21)13-23(16-35-26)24-8-6-19(14-25(24)30)20-10-11-31-27(15-20)33-2/h6-12,14-15,17-18,23,28H,4-5,13,16H2,1-3H3/t17-,23?,28?/m0/s1. The van der Waals surface area contributed by atoms with Gasteiger partial charge in [0.15, 0.2) is 0 Å².